The van der Waals surface area contributed by atoms with Crippen LogP contribution >= 0.6 is 11.8 Å². The van der Waals surface area contributed by atoms with Crippen LogP contribution in [0.15, 0.2) is 40.9 Å². The number of rotatable bonds is 7. The number of carbonyl (C=O) groups is 1. The predicted octanol–water partition coefficient (Wildman–Crippen LogP) is 2.61. The molecule has 0 bridgehead atoms. The van der Waals surface area contributed by atoms with Crippen molar-refractivity contribution >= 4 is 23.5 Å². The first kappa shape index (κ1) is 17.2. The Hall–Kier alpha value is -2.68. The second-order valence-electron chi connectivity index (χ2n) is 5.36. The number of thioether (sulfide) groups is 1. The standard InChI is InChI=1S/C16H18N6O2S/c1-3-13(16(23)17-14-9-11(2)24-19-14)25-10-15-18-20-21-22(15)12-7-5-4-6-8-12/h4-9,13H,3,10H2,1-2H3,(H,17,19,23)/t13-/m1/s1. The smallest absolute Gasteiger partial charge is 0.238 e. The maximum Gasteiger partial charge on any atom is 0.238 e. The zero-order chi connectivity index (χ0) is 17.6. The number of para-hydroxylation sites is 1. The van der Waals surface area contributed by atoms with Gasteiger partial charge in [0.1, 0.15) is 5.76 Å². The average molecular weight is 358 g/mol. The number of hydrogen-bond acceptors (Lipinski definition) is 7. The molecule has 1 atom stereocenters. The lowest BCUT2D eigenvalue weighted by molar-refractivity contribution is -0.115. The molecule has 0 aliphatic rings. The summed E-state index contributed by atoms with van der Waals surface area (Å²) >= 11 is 1.49. The van der Waals surface area contributed by atoms with Crippen LogP contribution in [0.3, 0.4) is 0 Å². The Kier molecular flexibility index (Phi) is 5.44. The van der Waals surface area contributed by atoms with Gasteiger partial charge < -0.3 is 9.84 Å². The molecule has 2 heterocycles. The summed E-state index contributed by atoms with van der Waals surface area (Å²) in [6.07, 6.45) is 0.681. The van der Waals surface area contributed by atoms with Crippen molar-refractivity contribution in [2.24, 2.45) is 0 Å². The van der Waals surface area contributed by atoms with Gasteiger partial charge in [-0.3, -0.25) is 4.79 Å². The molecule has 0 spiro atoms. The minimum absolute atomic E-state index is 0.112. The van der Waals surface area contributed by atoms with E-state index in [4.69, 9.17) is 4.52 Å². The SMILES string of the molecule is CC[C@@H](SCc1nnnn1-c1ccccc1)C(=O)Nc1cc(C)on1. The van der Waals surface area contributed by atoms with E-state index >= 15 is 0 Å². The van der Waals surface area contributed by atoms with E-state index in [-0.39, 0.29) is 11.2 Å². The summed E-state index contributed by atoms with van der Waals surface area (Å²) in [5.74, 6) is 2.18. The van der Waals surface area contributed by atoms with Gasteiger partial charge in [0, 0.05) is 6.07 Å². The summed E-state index contributed by atoms with van der Waals surface area (Å²) < 4.78 is 6.64. The summed E-state index contributed by atoms with van der Waals surface area (Å²) in [5.41, 5.74) is 0.888. The summed E-state index contributed by atoms with van der Waals surface area (Å²) in [4.78, 5) is 12.4. The van der Waals surface area contributed by atoms with Gasteiger partial charge in [-0.15, -0.1) is 16.9 Å². The third-order valence-electron chi connectivity index (χ3n) is 3.49. The van der Waals surface area contributed by atoms with Crippen molar-refractivity contribution in [3.8, 4) is 5.69 Å². The Balaban J connectivity index is 1.64. The van der Waals surface area contributed by atoms with E-state index in [0.29, 0.717) is 29.6 Å². The van der Waals surface area contributed by atoms with E-state index in [1.54, 1.807) is 17.7 Å². The molecule has 0 fully saturated rings. The molecule has 1 amide bonds. The number of aryl methyl sites for hydroxylation is 1. The molecule has 3 aromatic rings. The molecular formula is C16H18N6O2S. The highest BCUT2D eigenvalue weighted by Crippen LogP contribution is 2.22. The molecule has 25 heavy (non-hydrogen) atoms. The van der Waals surface area contributed by atoms with Crippen LogP contribution in [0, 0.1) is 6.92 Å². The van der Waals surface area contributed by atoms with E-state index in [0.717, 1.165) is 5.69 Å². The van der Waals surface area contributed by atoms with Crippen molar-refractivity contribution < 1.29 is 9.32 Å². The number of aromatic nitrogens is 5. The second-order valence-corrected chi connectivity index (χ2v) is 6.55. The topological polar surface area (TPSA) is 98.7 Å². The largest absolute Gasteiger partial charge is 0.360 e. The highest BCUT2D eigenvalue weighted by Gasteiger charge is 2.20. The zero-order valence-electron chi connectivity index (χ0n) is 13.9. The number of benzene rings is 1. The first-order chi connectivity index (χ1) is 12.2. The van der Waals surface area contributed by atoms with Crippen LogP contribution in [-0.4, -0.2) is 36.5 Å². The van der Waals surface area contributed by atoms with Gasteiger partial charge in [0.15, 0.2) is 11.6 Å². The van der Waals surface area contributed by atoms with E-state index in [1.807, 2.05) is 37.3 Å². The van der Waals surface area contributed by atoms with E-state index in [1.165, 1.54) is 11.8 Å². The lowest BCUT2D eigenvalue weighted by Gasteiger charge is -2.13. The Morgan fingerprint density at radius 3 is 2.84 bits per heavy atom. The molecule has 1 N–H and O–H groups in total. The number of amides is 1. The molecular weight excluding hydrogens is 340 g/mol. The van der Waals surface area contributed by atoms with Crippen molar-refractivity contribution in [2.45, 2.75) is 31.3 Å². The quantitative estimate of drug-likeness (QED) is 0.693. The number of carbonyl (C=O) groups excluding carboxylic acids is 1. The lowest BCUT2D eigenvalue weighted by atomic mass is 10.3. The molecule has 9 heteroatoms. The fourth-order valence-electron chi connectivity index (χ4n) is 2.25. The van der Waals surface area contributed by atoms with Gasteiger partial charge in [-0.05, 0) is 35.9 Å². The third-order valence-corrected chi connectivity index (χ3v) is 4.87. The van der Waals surface area contributed by atoms with Crippen molar-refractivity contribution in [3.63, 3.8) is 0 Å². The zero-order valence-corrected chi connectivity index (χ0v) is 14.7. The van der Waals surface area contributed by atoms with Crippen LogP contribution in [0.4, 0.5) is 5.82 Å². The van der Waals surface area contributed by atoms with Crippen molar-refractivity contribution in [1.29, 1.82) is 0 Å². The molecule has 1 aromatic carbocycles. The van der Waals surface area contributed by atoms with Gasteiger partial charge in [-0.2, -0.15) is 4.68 Å². The van der Waals surface area contributed by atoms with Crippen LogP contribution in [0.1, 0.15) is 24.9 Å². The van der Waals surface area contributed by atoms with Crippen molar-refractivity contribution in [1.82, 2.24) is 25.4 Å². The van der Waals surface area contributed by atoms with Crippen molar-refractivity contribution in [3.05, 3.63) is 48.0 Å². The Morgan fingerprint density at radius 2 is 2.16 bits per heavy atom. The highest BCUT2D eigenvalue weighted by molar-refractivity contribution is 7.99. The molecule has 0 saturated heterocycles. The minimum Gasteiger partial charge on any atom is -0.360 e. The first-order valence-corrected chi connectivity index (χ1v) is 8.90. The molecule has 0 unspecified atom stereocenters. The van der Waals surface area contributed by atoms with Gasteiger partial charge in [-0.1, -0.05) is 30.3 Å². The molecule has 8 nitrogen and oxygen atoms in total. The van der Waals surface area contributed by atoms with Crippen LogP contribution in [-0.2, 0) is 10.5 Å². The maximum atomic E-state index is 12.4. The van der Waals surface area contributed by atoms with Gasteiger partial charge in [0.05, 0.1) is 16.7 Å². The number of nitrogens with zero attached hydrogens (tertiary/aromatic N) is 5. The molecule has 0 aliphatic carbocycles. The molecule has 3 rings (SSSR count). The summed E-state index contributed by atoms with van der Waals surface area (Å²) in [5, 5.41) is 18.1. The minimum atomic E-state index is -0.238. The van der Waals surface area contributed by atoms with E-state index in [2.05, 4.69) is 26.0 Å². The first-order valence-electron chi connectivity index (χ1n) is 7.86. The summed E-state index contributed by atoms with van der Waals surface area (Å²) in [6.45, 7) is 3.74. The molecule has 0 radical (unpaired) electrons. The molecule has 2 aromatic heterocycles. The van der Waals surface area contributed by atoms with Gasteiger partial charge in [0.25, 0.3) is 0 Å². The average Bonchev–Trinajstić information content (AvgIpc) is 3.25. The van der Waals surface area contributed by atoms with Crippen LogP contribution < -0.4 is 5.32 Å². The normalized spacial score (nSPS) is 12.1. The molecule has 0 aliphatic heterocycles. The number of nitrogens with one attached hydrogen (secondary N) is 1. The van der Waals surface area contributed by atoms with Crippen molar-refractivity contribution in [2.75, 3.05) is 5.32 Å². The Morgan fingerprint density at radius 1 is 1.36 bits per heavy atom. The van der Waals surface area contributed by atoms with Crippen LogP contribution in [0.2, 0.25) is 0 Å². The number of tetrazole rings is 1. The van der Waals surface area contributed by atoms with E-state index in [9.17, 15) is 4.79 Å². The van der Waals surface area contributed by atoms with Gasteiger partial charge >= 0.3 is 0 Å². The number of anilines is 1. The Bertz CT molecular complexity index is 832. The fourth-order valence-corrected chi connectivity index (χ4v) is 3.23. The number of hydrogen-bond donors (Lipinski definition) is 1. The monoisotopic (exact) mass is 358 g/mol. The van der Waals surface area contributed by atoms with E-state index < -0.39 is 0 Å². The maximum absolute atomic E-state index is 12.4. The predicted molar refractivity (Wildman–Crippen MR) is 94.4 cm³/mol. The lowest BCUT2D eigenvalue weighted by Crippen LogP contribution is -2.25. The van der Waals surface area contributed by atoms with Crippen LogP contribution in [0.25, 0.3) is 5.69 Å². The van der Waals surface area contributed by atoms with Gasteiger partial charge in [0.2, 0.25) is 5.91 Å². The molecule has 0 saturated carbocycles. The fraction of sp³-hybridized carbons (Fsp3) is 0.312. The Labute approximate surface area is 149 Å². The summed E-state index contributed by atoms with van der Waals surface area (Å²) in [7, 11) is 0. The molecule has 130 valence electrons. The summed E-state index contributed by atoms with van der Waals surface area (Å²) in [6, 6.07) is 11.3. The second kappa shape index (κ2) is 7.93. The third kappa shape index (κ3) is 4.24. The van der Waals surface area contributed by atoms with Gasteiger partial charge in [-0.25, -0.2) is 0 Å². The highest BCUT2D eigenvalue weighted by atomic mass is 32.2. The van der Waals surface area contributed by atoms with Crippen LogP contribution in [0.5, 0.6) is 0 Å².